The monoisotopic (exact) mass is 574 g/mol. The summed E-state index contributed by atoms with van der Waals surface area (Å²) >= 11 is 3.48. The molecule has 190 valence electrons. The van der Waals surface area contributed by atoms with Crippen molar-refractivity contribution in [2.24, 2.45) is 4.99 Å². The first-order valence-electron chi connectivity index (χ1n) is 11.4. The van der Waals surface area contributed by atoms with Gasteiger partial charge >= 0.3 is 5.97 Å². The number of hydrogen-bond acceptors (Lipinski definition) is 7. The number of fused-ring (bicyclic) bond motifs is 1. The fourth-order valence-corrected chi connectivity index (χ4v) is 4.20. The second-order valence-electron chi connectivity index (χ2n) is 8.09. The van der Waals surface area contributed by atoms with Crippen molar-refractivity contribution in [2.45, 2.75) is 0 Å². The molecule has 0 saturated carbocycles. The van der Waals surface area contributed by atoms with E-state index in [1.54, 1.807) is 31.5 Å². The molecule has 1 heterocycles. The van der Waals surface area contributed by atoms with Crippen LogP contribution in [0.15, 0.2) is 92.7 Å². The van der Waals surface area contributed by atoms with Crippen molar-refractivity contribution >= 4 is 44.9 Å². The summed E-state index contributed by atoms with van der Waals surface area (Å²) in [6.45, 7) is 0. The first-order valence-corrected chi connectivity index (χ1v) is 12.2. The highest BCUT2D eigenvalue weighted by Gasteiger charge is 2.14. The van der Waals surface area contributed by atoms with Crippen LogP contribution in [0.25, 0.3) is 22.6 Å². The lowest BCUT2D eigenvalue weighted by Gasteiger charge is -2.10. The highest BCUT2D eigenvalue weighted by Crippen LogP contribution is 2.33. The van der Waals surface area contributed by atoms with E-state index >= 15 is 0 Å². The van der Waals surface area contributed by atoms with Gasteiger partial charge in [0.1, 0.15) is 17.1 Å². The maximum Gasteiger partial charge on any atom is 0.343 e. The zero-order valence-electron chi connectivity index (χ0n) is 20.3. The Morgan fingerprint density at radius 3 is 2.42 bits per heavy atom. The predicted octanol–water partition coefficient (Wildman–Crippen LogP) is 7.38. The SMILES string of the molecule is COc1ccc(-c2nc3cc(N=Cc4ccc(OC(=O)c5ccc(F)cc5)c(OC)c4)ccc3o2)cc1Br. The fraction of sp³-hybridized carbons (Fsp3) is 0.0690. The minimum Gasteiger partial charge on any atom is -0.496 e. The van der Waals surface area contributed by atoms with Crippen molar-refractivity contribution in [3.8, 4) is 28.7 Å². The molecule has 0 atom stereocenters. The zero-order valence-corrected chi connectivity index (χ0v) is 21.9. The summed E-state index contributed by atoms with van der Waals surface area (Å²) in [5, 5.41) is 0. The van der Waals surface area contributed by atoms with E-state index in [1.165, 1.54) is 31.4 Å². The van der Waals surface area contributed by atoms with E-state index in [0.29, 0.717) is 28.4 Å². The molecule has 0 fully saturated rings. The van der Waals surface area contributed by atoms with E-state index in [1.807, 2.05) is 36.4 Å². The number of halogens is 2. The lowest BCUT2D eigenvalue weighted by molar-refractivity contribution is 0.0729. The van der Waals surface area contributed by atoms with Gasteiger partial charge in [-0.25, -0.2) is 14.2 Å². The Morgan fingerprint density at radius 2 is 1.68 bits per heavy atom. The maximum atomic E-state index is 13.1. The predicted molar refractivity (Wildman–Crippen MR) is 145 cm³/mol. The van der Waals surface area contributed by atoms with Gasteiger partial charge in [0.05, 0.1) is 29.9 Å². The second-order valence-corrected chi connectivity index (χ2v) is 8.94. The largest absolute Gasteiger partial charge is 0.496 e. The molecule has 9 heteroatoms. The summed E-state index contributed by atoms with van der Waals surface area (Å²) in [5.41, 5.74) is 3.75. The second kappa shape index (κ2) is 10.9. The van der Waals surface area contributed by atoms with Crippen molar-refractivity contribution in [1.82, 2.24) is 4.98 Å². The van der Waals surface area contributed by atoms with Gasteiger partial charge in [-0.15, -0.1) is 0 Å². The Kier molecular flexibility index (Phi) is 7.19. The molecule has 7 nitrogen and oxygen atoms in total. The van der Waals surface area contributed by atoms with E-state index in [4.69, 9.17) is 18.6 Å². The molecule has 0 aliphatic heterocycles. The summed E-state index contributed by atoms with van der Waals surface area (Å²) in [6.07, 6.45) is 1.66. The van der Waals surface area contributed by atoms with Gasteiger partial charge in [0.25, 0.3) is 0 Å². The van der Waals surface area contributed by atoms with Crippen molar-refractivity contribution < 1.29 is 27.8 Å². The Bertz CT molecular complexity index is 1660. The van der Waals surface area contributed by atoms with E-state index in [2.05, 4.69) is 25.9 Å². The van der Waals surface area contributed by atoms with Crippen LogP contribution in [-0.2, 0) is 0 Å². The zero-order chi connectivity index (χ0) is 26.6. The number of methoxy groups -OCH3 is 2. The first kappa shape index (κ1) is 25.2. The third-order valence-corrected chi connectivity index (χ3v) is 6.22. The number of benzene rings is 4. The molecule has 0 aliphatic rings. The van der Waals surface area contributed by atoms with E-state index < -0.39 is 11.8 Å². The number of rotatable bonds is 7. The van der Waals surface area contributed by atoms with Gasteiger partial charge in [0.15, 0.2) is 17.1 Å². The lowest BCUT2D eigenvalue weighted by Crippen LogP contribution is -2.09. The molecule has 0 saturated heterocycles. The van der Waals surface area contributed by atoms with Gasteiger partial charge < -0.3 is 18.6 Å². The molecule has 4 aromatic carbocycles. The molecule has 38 heavy (non-hydrogen) atoms. The summed E-state index contributed by atoms with van der Waals surface area (Å²) in [4.78, 5) is 21.5. The number of nitrogens with zero attached hydrogens (tertiary/aromatic N) is 2. The van der Waals surface area contributed by atoms with Gasteiger partial charge in [-0.3, -0.25) is 4.99 Å². The average Bonchev–Trinajstić information content (AvgIpc) is 3.36. The topological polar surface area (TPSA) is 83.2 Å². The molecule has 0 unspecified atom stereocenters. The van der Waals surface area contributed by atoms with Crippen molar-refractivity contribution in [3.63, 3.8) is 0 Å². The third-order valence-electron chi connectivity index (χ3n) is 5.60. The van der Waals surface area contributed by atoms with Crippen molar-refractivity contribution in [3.05, 3.63) is 100 Å². The number of aromatic nitrogens is 1. The minimum atomic E-state index is -0.619. The molecule has 0 spiro atoms. The Balaban J connectivity index is 1.33. The minimum absolute atomic E-state index is 0.227. The summed E-state index contributed by atoms with van der Waals surface area (Å²) in [7, 11) is 3.08. The van der Waals surface area contributed by atoms with Crippen LogP contribution in [0.5, 0.6) is 17.2 Å². The van der Waals surface area contributed by atoms with Crippen molar-refractivity contribution in [2.75, 3.05) is 14.2 Å². The summed E-state index contributed by atoms with van der Waals surface area (Å²) in [5.74, 6) is 0.743. The smallest absolute Gasteiger partial charge is 0.343 e. The molecule has 0 N–H and O–H groups in total. The normalized spacial score (nSPS) is 11.2. The molecule has 1 aromatic heterocycles. The van der Waals surface area contributed by atoms with Gasteiger partial charge in [-0.05, 0) is 100 Å². The van der Waals surface area contributed by atoms with Crippen LogP contribution in [0.2, 0.25) is 0 Å². The van der Waals surface area contributed by atoms with Crippen LogP contribution in [0.4, 0.5) is 10.1 Å². The van der Waals surface area contributed by atoms with Gasteiger partial charge in [0.2, 0.25) is 5.89 Å². The Hall–Kier alpha value is -4.50. The quantitative estimate of drug-likeness (QED) is 0.114. The number of carbonyl (C=O) groups excluding carboxylic acids is 1. The number of oxazole rings is 1. The van der Waals surface area contributed by atoms with Crippen LogP contribution in [0, 0.1) is 5.82 Å². The Labute approximate surface area is 225 Å². The number of hydrogen-bond donors (Lipinski definition) is 0. The summed E-state index contributed by atoms with van der Waals surface area (Å²) < 4.78 is 35.9. The molecule has 5 aromatic rings. The standard InChI is InChI=1S/C29H20BrFN2O5/c1-35-24-11-6-19(14-22(24)30)28-33-23-15-21(9-12-25(23)37-28)32-16-17-3-10-26(27(13-17)36-2)38-29(34)18-4-7-20(31)8-5-18/h3-16H,1-2H3. The number of aliphatic imine (C=N–C) groups is 1. The van der Waals surface area contributed by atoms with Gasteiger partial charge in [0, 0.05) is 11.8 Å². The average molecular weight is 575 g/mol. The van der Waals surface area contributed by atoms with E-state index in [0.717, 1.165) is 21.3 Å². The summed E-state index contributed by atoms with van der Waals surface area (Å²) in [6, 6.07) is 21.2. The number of ether oxygens (including phenoxy) is 3. The molecule has 5 rings (SSSR count). The molecular weight excluding hydrogens is 555 g/mol. The molecular formula is C29H20BrFN2O5. The van der Waals surface area contributed by atoms with Crippen LogP contribution in [0.1, 0.15) is 15.9 Å². The molecule has 0 bridgehead atoms. The third kappa shape index (κ3) is 5.42. The lowest BCUT2D eigenvalue weighted by atomic mass is 10.2. The molecule has 0 radical (unpaired) electrons. The van der Waals surface area contributed by atoms with Gasteiger partial charge in [-0.1, -0.05) is 0 Å². The van der Waals surface area contributed by atoms with Crippen LogP contribution in [0.3, 0.4) is 0 Å². The number of esters is 1. The maximum absolute atomic E-state index is 13.1. The molecule has 0 aliphatic carbocycles. The highest BCUT2D eigenvalue weighted by atomic mass is 79.9. The van der Waals surface area contributed by atoms with Crippen LogP contribution >= 0.6 is 15.9 Å². The van der Waals surface area contributed by atoms with Gasteiger partial charge in [-0.2, -0.15) is 0 Å². The van der Waals surface area contributed by atoms with E-state index in [9.17, 15) is 9.18 Å². The van der Waals surface area contributed by atoms with Crippen molar-refractivity contribution in [1.29, 1.82) is 0 Å². The van der Waals surface area contributed by atoms with Crippen LogP contribution < -0.4 is 14.2 Å². The van der Waals surface area contributed by atoms with E-state index in [-0.39, 0.29) is 11.3 Å². The first-order chi connectivity index (χ1) is 18.4. The van der Waals surface area contributed by atoms with Crippen LogP contribution in [-0.4, -0.2) is 31.4 Å². The highest BCUT2D eigenvalue weighted by molar-refractivity contribution is 9.10. The Morgan fingerprint density at radius 1 is 0.921 bits per heavy atom. The molecule has 0 amide bonds. The fourth-order valence-electron chi connectivity index (χ4n) is 3.66. The number of carbonyl (C=O) groups is 1.